The number of nitrogens with one attached hydrogen (secondary N) is 2. The Morgan fingerprint density at radius 3 is 2.75 bits per heavy atom. The van der Waals surface area contributed by atoms with Gasteiger partial charge < -0.3 is 9.88 Å². The van der Waals surface area contributed by atoms with Crippen molar-refractivity contribution in [3.8, 4) is 0 Å². The molecule has 2 heterocycles. The number of aromatic nitrogens is 1. The van der Waals surface area contributed by atoms with Gasteiger partial charge in [-0.1, -0.05) is 18.2 Å². The third-order valence-electron chi connectivity index (χ3n) is 6.05. The van der Waals surface area contributed by atoms with Crippen LogP contribution in [0.15, 0.2) is 53.6 Å². The second-order valence-electron chi connectivity index (χ2n) is 7.77. The molecule has 2 aromatic carbocycles. The van der Waals surface area contributed by atoms with Gasteiger partial charge in [0, 0.05) is 41.8 Å². The quantitative estimate of drug-likeness (QED) is 0.697. The summed E-state index contributed by atoms with van der Waals surface area (Å²) < 4.78 is 28.6. The highest BCUT2D eigenvalue weighted by molar-refractivity contribution is 7.89. The van der Waals surface area contributed by atoms with Crippen LogP contribution in [0.1, 0.15) is 24.0 Å². The zero-order chi connectivity index (χ0) is 19.5. The van der Waals surface area contributed by atoms with E-state index in [1.54, 1.807) is 30.1 Å². The molecule has 3 aromatic rings. The smallest absolute Gasteiger partial charge is 0.240 e. The Hall–Kier alpha value is -2.64. The van der Waals surface area contributed by atoms with Crippen LogP contribution >= 0.6 is 0 Å². The zero-order valence-electron chi connectivity index (χ0n) is 15.5. The molecule has 28 heavy (non-hydrogen) atoms. The number of hydrogen-bond acceptors (Lipinski definition) is 3. The lowest BCUT2D eigenvalue weighted by Crippen LogP contribution is -2.32. The molecule has 1 saturated carbocycles. The number of hydrogen-bond donors (Lipinski definition) is 2. The van der Waals surface area contributed by atoms with E-state index in [9.17, 15) is 13.2 Å². The Morgan fingerprint density at radius 2 is 1.96 bits per heavy atom. The Balaban J connectivity index is 1.39. The molecule has 1 aliphatic carbocycles. The van der Waals surface area contributed by atoms with Crippen molar-refractivity contribution in [1.82, 2.24) is 9.71 Å². The van der Waals surface area contributed by atoms with Gasteiger partial charge in [0.15, 0.2) is 0 Å². The van der Waals surface area contributed by atoms with Gasteiger partial charge >= 0.3 is 0 Å². The minimum Gasteiger partial charge on any atom is -0.361 e. The lowest BCUT2D eigenvalue weighted by Gasteiger charge is -2.16. The average molecular weight is 395 g/mol. The van der Waals surface area contributed by atoms with Crippen molar-refractivity contribution in [2.45, 2.75) is 29.6 Å². The highest BCUT2D eigenvalue weighted by atomic mass is 32.2. The molecule has 0 radical (unpaired) electrons. The lowest BCUT2D eigenvalue weighted by atomic mass is 9.96. The summed E-state index contributed by atoms with van der Waals surface area (Å²) in [6.45, 7) is 0.368. The summed E-state index contributed by atoms with van der Waals surface area (Å²) in [7, 11) is -1.94. The maximum atomic E-state index is 12.9. The molecule has 5 rings (SSSR count). The third-order valence-corrected chi connectivity index (χ3v) is 7.45. The van der Waals surface area contributed by atoms with Gasteiger partial charge in [-0.25, -0.2) is 13.1 Å². The molecule has 7 heteroatoms. The Labute approximate surface area is 163 Å². The van der Waals surface area contributed by atoms with E-state index in [0.717, 1.165) is 35.0 Å². The number of rotatable bonds is 5. The molecule has 6 nitrogen and oxygen atoms in total. The normalized spacial score (nSPS) is 17.9. The van der Waals surface area contributed by atoms with Crippen LogP contribution in [-0.2, 0) is 26.7 Å². The van der Waals surface area contributed by atoms with Crippen molar-refractivity contribution < 1.29 is 13.2 Å². The minimum absolute atomic E-state index is 0.0197. The Morgan fingerprint density at radius 1 is 1.18 bits per heavy atom. The summed E-state index contributed by atoms with van der Waals surface area (Å²) >= 11 is 0. The highest BCUT2D eigenvalue weighted by Gasteiger charge is 2.46. The number of carbonyl (C=O) groups is 1. The van der Waals surface area contributed by atoms with E-state index < -0.39 is 10.0 Å². The molecule has 2 N–H and O–H groups in total. The standard InChI is InChI=1S/C21H21N3O3S/c1-24-19-7-6-15(10-14(19)11-20(24)25)28(26,27)23-13-21(8-9-21)17-12-22-18-5-3-2-4-16(17)18/h2-7,10,12,22-23H,8-9,11,13H2,1H3. The molecule has 0 saturated heterocycles. The summed E-state index contributed by atoms with van der Waals surface area (Å²) in [4.78, 5) is 16.9. The van der Waals surface area contributed by atoms with Crippen molar-refractivity contribution in [1.29, 1.82) is 0 Å². The molecular weight excluding hydrogens is 374 g/mol. The number of anilines is 1. The number of likely N-dealkylation sites (N-methyl/N-ethyl adjacent to an activating group) is 1. The summed E-state index contributed by atoms with van der Waals surface area (Å²) in [5.41, 5.74) is 3.63. The number of para-hydroxylation sites is 1. The first kappa shape index (κ1) is 17.5. The SMILES string of the molecule is CN1C(=O)Cc2cc(S(=O)(=O)NCC3(c4c[nH]c5ccccc45)CC3)ccc21. The molecule has 1 aromatic heterocycles. The fourth-order valence-corrected chi connectivity index (χ4v) is 5.31. The number of fused-ring (bicyclic) bond motifs is 2. The fraction of sp³-hybridized carbons (Fsp3) is 0.286. The predicted octanol–water partition coefficient (Wildman–Crippen LogP) is 2.70. The topological polar surface area (TPSA) is 82.3 Å². The van der Waals surface area contributed by atoms with Gasteiger partial charge in [0.25, 0.3) is 0 Å². The number of amides is 1. The predicted molar refractivity (Wildman–Crippen MR) is 108 cm³/mol. The van der Waals surface area contributed by atoms with E-state index >= 15 is 0 Å². The number of nitrogens with zero attached hydrogens (tertiary/aromatic N) is 1. The van der Waals surface area contributed by atoms with Crippen LogP contribution in [-0.4, -0.2) is 32.9 Å². The first-order valence-corrected chi connectivity index (χ1v) is 10.8. The van der Waals surface area contributed by atoms with Crippen molar-refractivity contribution in [2.75, 3.05) is 18.5 Å². The first-order valence-electron chi connectivity index (χ1n) is 9.35. The van der Waals surface area contributed by atoms with Gasteiger partial charge in [0.2, 0.25) is 15.9 Å². The number of sulfonamides is 1. The molecule has 1 fully saturated rings. The third kappa shape index (κ3) is 2.65. The number of aromatic amines is 1. The Kier molecular flexibility index (Phi) is 3.70. The van der Waals surface area contributed by atoms with Crippen LogP contribution in [0.25, 0.3) is 10.9 Å². The number of H-pyrrole nitrogens is 1. The van der Waals surface area contributed by atoms with Crippen molar-refractivity contribution >= 4 is 32.5 Å². The molecule has 0 bridgehead atoms. The molecule has 0 spiro atoms. The molecular formula is C21H21N3O3S. The average Bonchev–Trinajstić information content (AvgIpc) is 3.26. The highest BCUT2D eigenvalue weighted by Crippen LogP contribution is 2.50. The summed E-state index contributed by atoms with van der Waals surface area (Å²) in [6.07, 6.45) is 4.17. The van der Waals surface area contributed by atoms with Crippen LogP contribution < -0.4 is 9.62 Å². The minimum atomic E-state index is -3.64. The summed E-state index contributed by atoms with van der Waals surface area (Å²) in [5.74, 6) is -0.0197. The zero-order valence-corrected chi connectivity index (χ0v) is 16.3. The maximum absolute atomic E-state index is 12.9. The van der Waals surface area contributed by atoms with Gasteiger partial charge in [-0.3, -0.25) is 4.79 Å². The molecule has 0 atom stereocenters. The van der Waals surface area contributed by atoms with Crippen LogP contribution in [0.3, 0.4) is 0 Å². The van der Waals surface area contributed by atoms with Crippen molar-refractivity contribution in [2.24, 2.45) is 0 Å². The van der Waals surface area contributed by atoms with E-state index in [-0.39, 0.29) is 22.6 Å². The van der Waals surface area contributed by atoms with Crippen LogP contribution in [0.5, 0.6) is 0 Å². The largest absolute Gasteiger partial charge is 0.361 e. The molecule has 144 valence electrons. The van der Waals surface area contributed by atoms with Gasteiger partial charge in [-0.05, 0) is 48.2 Å². The molecule has 1 aliphatic heterocycles. The second-order valence-corrected chi connectivity index (χ2v) is 9.54. The number of carbonyl (C=O) groups excluding carboxylic acids is 1. The van der Waals surface area contributed by atoms with Gasteiger partial charge in [-0.15, -0.1) is 0 Å². The van der Waals surface area contributed by atoms with E-state index in [0.29, 0.717) is 6.54 Å². The maximum Gasteiger partial charge on any atom is 0.240 e. The van der Waals surface area contributed by atoms with Gasteiger partial charge in [0.1, 0.15) is 0 Å². The monoisotopic (exact) mass is 395 g/mol. The van der Waals surface area contributed by atoms with E-state index in [1.165, 1.54) is 5.56 Å². The second kappa shape index (κ2) is 5.93. The first-order chi connectivity index (χ1) is 13.4. The fourth-order valence-electron chi connectivity index (χ4n) is 4.13. The van der Waals surface area contributed by atoms with E-state index in [1.807, 2.05) is 24.4 Å². The van der Waals surface area contributed by atoms with Gasteiger partial charge in [0.05, 0.1) is 11.3 Å². The van der Waals surface area contributed by atoms with Crippen LogP contribution in [0.4, 0.5) is 5.69 Å². The van der Waals surface area contributed by atoms with E-state index in [4.69, 9.17) is 0 Å². The summed E-state index contributed by atoms with van der Waals surface area (Å²) in [6, 6.07) is 13.0. The molecule has 0 unspecified atom stereocenters. The van der Waals surface area contributed by atoms with Crippen molar-refractivity contribution in [3.63, 3.8) is 0 Å². The van der Waals surface area contributed by atoms with Crippen LogP contribution in [0, 0.1) is 0 Å². The van der Waals surface area contributed by atoms with Crippen molar-refractivity contribution in [3.05, 3.63) is 59.8 Å². The van der Waals surface area contributed by atoms with Gasteiger partial charge in [-0.2, -0.15) is 0 Å². The lowest BCUT2D eigenvalue weighted by molar-refractivity contribution is -0.117. The molecule has 1 amide bonds. The van der Waals surface area contributed by atoms with Crippen LogP contribution in [0.2, 0.25) is 0 Å². The molecule has 2 aliphatic rings. The Bertz CT molecular complexity index is 1210. The summed E-state index contributed by atoms with van der Waals surface area (Å²) in [5, 5.41) is 1.15. The van der Waals surface area contributed by atoms with E-state index in [2.05, 4.69) is 15.8 Å². The number of benzene rings is 2.